The van der Waals surface area contributed by atoms with Gasteiger partial charge in [-0.05, 0) is 49.3 Å². The van der Waals surface area contributed by atoms with E-state index in [2.05, 4.69) is 16.3 Å². The predicted octanol–water partition coefficient (Wildman–Crippen LogP) is 3.47. The molecule has 1 aromatic heterocycles. The van der Waals surface area contributed by atoms with Crippen molar-refractivity contribution in [1.29, 1.82) is 5.26 Å². The Labute approximate surface area is 166 Å². The Hall–Kier alpha value is -3.08. The lowest BCUT2D eigenvalue weighted by Gasteiger charge is -2.69. The molecule has 3 fully saturated rings. The van der Waals surface area contributed by atoms with Gasteiger partial charge < -0.3 is 0 Å². The molecule has 6 rings (SSSR count). The van der Waals surface area contributed by atoms with E-state index in [4.69, 9.17) is 5.26 Å². The normalized spacial score (nSPS) is 29.3. The molecule has 0 radical (unpaired) electrons. The summed E-state index contributed by atoms with van der Waals surface area (Å²) in [6.45, 7) is 2.50. The molecule has 1 aromatic carbocycles. The van der Waals surface area contributed by atoms with Crippen molar-refractivity contribution in [2.24, 2.45) is 15.9 Å². The number of hydrogen-bond donors (Lipinski definition) is 0. The zero-order valence-corrected chi connectivity index (χ0v) is 15.9. The highest BCUT2D eigenvalue weighted by Gasteiger charge is 2.72. The first-order valence-electron chi connectivity index (χ1n) is 9.59. The standard InChI is InChI=1S/C21H19F2N5O/c1-13-15(7-24)8-27(26-13)12-20-9-21(10-20,11-20)19(29)28-18(2-3-25-28)14-4-16(22)6-17(23)5-14/h3-6,8,18H,2,9-12H2,1H3. The van der Waals surface area contributed by atoms with Crippen LogP contribution < -0.4 is 0 Å². The lowest BCUT2D eigenvalue weighted by molar-refractivity contribution is -0.223. The van der Waals surface area contributed by atoms with Crippen molar-refractivity contribution in [3.05, 3.63) is 52.9 Å². The highest BCUT2D eigenvalue weighted by atomic mass is 19.1. The number of halogens is 2. The average Bonchev–Trinajstić information content (AvgIpc) is 3.21. The molecule has 1 atom stereocenters. The number of amides is 1. The van der Waals surface area contributed by atoms with E-state index in [9.17, 15) is 13.6 Å². The minimum Gasteiger partial charge on any atom is -0.272 e. The van der Waals surface area contributed by atoms with Gasteiger partial charge in [0.1, 0.15) is 17.7 Å². The third-order valence-corrected chi connectivity index (χ3v) is 6.47. The fraction of sp³-hybridized carbons (Fsp3) is 0.429. The Balaban J connectivity index is 1.29. The molecule has 29 heavy (non-hydrogen) atoms. The van der Waals surface area contributed by atoms with Crippen LogP contribution in [0.15, 0.2) is 29.5 Å². The molecule has 1 unspecified atom stereocenters. The van der Waals surface area contributed by atoms with Crippen LogP contribution in [0.4, 0.5) is 8.78 Å². The summed E-state index contributed by atoms with van der Waals surface area (Å²) in [5.41, 5.74) is 1.29. The first kappa shape index (κ1) is 18.0. The number of benzene rings is 1. The van der Waals surface area contributed by atoms with E-state index < -0.39 is 23.1 Å². The molecule has 6 nitrogen and oxygen atoms in total. The molecule has 8 heteroatoms. The summed E-state index contributed by atoms with van der Waals surface area (Å²) in [6.07, 6.45) is 6.06. The van der Waals surface area contributed by atoms with Crippen molar-refractivity contribution >= 4 is 12.1 Å². The van der Waals surface area contributed by atoms with Crippen LogP contribution in [-0.4, -0.2) is 26.9 Å². The van der Waals surface area contributed by atoms with Crippen LogP contribution in [0.1, 0.15) is 48.5 Å². The van der Waals surface area contributed by atoms with Crippen LogP contribution in [0, 0.1) is 40.7 Å². The maximum absolute atomic E-state index is 13.6. The van der Waals surface area contributed by atoms with Gasteiger partial charge in [0.2, 0.25) is 5.91 Å². The van der Waals surface area contributed by atoms with Crippen molar-refractivity contribution in [3.63, 3.8) is 0 Å². The lowest BCUT2D eigenvalue weighted by Crippen LogP contribution is -2.68. The zero-order chi connectivity index (χ0) is 20.4. The molecule has 1 amide bonds. The fourth-order valence-corrected chi connectivity index (χ4v) is 5.34. The highest BCUT2D eigenvalue weighted by Crippen LogP contribution is 2.74. The Morgan fingerprint density at radius 1 is 1.28 bits per heavy atom. The quantitative estimate of drug-likeness (QED) is 0.796. The second-order valence-corrected chi connectivity index (χ2v) is 8.65. The van der Waals surface area contributed by atoms with Crippen LogP contribution in [0.5, 0.6) is 0 Å². The van der Waals surface area contributed by atoms with E-state index in [-0.39, 0.29) is 11.3 Å². The molecule has 3 saturated carbocycles. The van der Waals surface area contributed by atoms with Gasteiger partial charge in [-0.1, -0.05) is 0 Å². The molecule has 3 aliphatic carbocycles. The molecule has 0 spiro atoms. The second-order valence-electron chi connectivity index (χ2n) is 8.65. The van der Waals surface area contributed by atoms with Crippen LogP contribution in [0.2, 0.25) is 0 Å². The number of nitriles is 1. The zero-order valence-electron chi connectivity index (χ0n) is 15.9. The fourth-order valence-electron chi connectivity index (χ4n) is 5.34. The highest BCUT2D eigenvalue weighted by molar-refractivity contribution is 5.88. The molecule has 148 valence electrons. The van der Waals surface area contributed by atoms with Crippen molar-refractivity contribution < 1.29 is 13.6 Å². The van der Waals surface area contributed by atoms with Crippen molar-refractivity contribution in [2.45, 2.75) is 45.2 Å². The largest absolute Gasteiger partial charge is 0.272 e. The Bertz CT molecular complexity index is 1060. The molecular weight excluding hydrogens is 376 g/mol. The summed E-state index contributed by atoms with van der Waals surface area (Å²) in [7, 11) is 0. The van der Waals surface area contributed by atoms with Gasteiger partial charge in [-0.2, -0.15) is 15.5 Å². The van der Waals surface area contributed by atoms with Crippen molar-refractivity contribution in [1.82, 2.24) is 14.8 Å². The molecule has 0 saturated heterocycles. The summed E-state index contributed by atoms with van der Waals surface area (Å²) in [4.78, 5) is 13.2. The number of aromatic nitrogens is 2. The third-order valence-electron chi connectivity index (χ3n) is 6.47. The van der Waals surface area contributed by atoms with Gasteiger partial charge >= 0.3 is 0 Å². The van der Waals surface area contributed by atoms with E-state index in [1.54, 1.807) is 17.1 Å². The lowest BCUT2D eigenvalue weighted by atomic mass is 9.34. The Morgan fingerprint density at radius 2 is 1.97 bits per heavy atom. The van der Waals surface area contributed by atoms with Crippen LogP contribution >= 0.6 is 0 Å². The van der Waals surface area contributed by atoms with E-state index in [1.165, 1.54) is 17.1 Å². The first-order valence-corrected chi connectivity index (χ1v) is 9.59. The van der Waals surface area contributed by atoms with Gasteiger partial charge in [0.05, 0.1) is 22.7 Å². The van der Waals surface area contributed by atoms with Gasteiger partial charge in [-0.3, -0.25) is 9.48 Å². The predicted molar refractivity (Wildman–Crippen MR) is 99.5 cm³/mol. The van der Waals surface area contributed by atoms with E-state index >= 15 is 0 Å². The molecule has 2 bridgehead atoms. The monoisotopic (exact) mass is 395 g/mol. The Kier molecular flexibility index (Phi) is 3.69. The van der Waals surface area contributed by atoms with E-state index in [1.807, 2.05) is 6.92 Å². The third kappa shape index (κ3) is 2.68. The van der Waals surface area contributed by atoms with Crippen LogP contribution in [-0.2, 0) is 11.3 Å². The number of hydrazone groups is 1. The van der Waals surface area contributed by atoms with E-state index in [0.717, 1.165) is 25.3 Å². The number of nitrogens with zero attached hydrogens (tertiary/aromatic N) is 5. The van der Waals surface area contributed by atoms with Gasteiger partial charge in [-0.25, -0.2) is 13.8 Å². The van der Waals surface area contributed by atoms with Gasteiger partial charge in [-0.15, -0.1) is 0 Å². The summed E-state index contributed by atoms with van der Waals surface area (Å²) in [5, 5.41) is 19.1. The number of carbonyl (C=O) groups is 1. The molecule has 4 aliphatic rings. The molecule has 2 aromatic rings. The molecular formula is C21H19F2N5O. The van der Waals surface area contributed by atoms with Gasteiger partial charge in [0, 0.05) is 31.4 Å². The summed E-state index contributed by atoms with van der Waals surface area (Å²) in [5.74, 6) is -1.39. The summed E-state index contributed by atoms with van der Waals surface area (Å²) >= 11 is 0. The molecule has 0 N–H and O–H groups in total. The summed E-state index contributed by atoms with van der Waals surface area (Å²) in [6, 6.07) is 5.01. The Morgan fingerprint density at radius 3 is 2.59 bits per heavy atom. The molecule has 2 heterocycles. The average molecular weight is 395 g/mol. The summed E-state index contributed by atoms with van der Waals surface area (Å²) < 4.78 is 29.1. The molecule has 1 aliphatic heterocycles. The number of rotatable bonds is 4. The van der Waals surface area contributed by atoms with Crippen molar-refractivity contribution in [3.8, 4) is 6.07 Å². The SMILES string of the molecule is Cc1nn(CC23CC(C(=O)N4N=CCC4c4cc(F)cc(F)c4)(C2)C3)cc1C#N. The topological polar surface area (TPSA) is 74.3 Å². The first-order chi connectivity index (χ1) is 13.8. The van der Waals surface area contributed by atoms with Gasteiger partial charge in [0.25, 0.3) is 0 Å². The van der Waals surface area contributed by atoms with Crippen molar-refractivity contribution in [2.75, 3.05) is 0 Å². The maximum atomic E-state index is 13.6. The minimum atomic E-state index is -0.657. The maximum Gasteiger partial charge on any atom is 0.249 e. The van der Waals surface area contributed by atoms with Gasteiger partial charge in [0.15, 0.2) is 0 Å². The minimum absolute atomic E-state index is 0.0325. The van der Waals surface area contributed by atoms with E-state index in [0.29, 0.717) is 29.8 Å². The smallest absolute Gasteiger partial charge is 0.249 e. The number of carbonyl (C=O) groups excluding carboxylic acids is 1. The number of aryl methyl sites for hydroxylation is 1. The number of hydrogen-bond acceptors (Lipinski definition) is 4. The second kappa shape index (κ2) is 5.96. The van der Waals surface area contributed by atoms with Crippen LogP contribution in [0.3, 0.4) is 0 Å². The van der Waals surface area contributed by atoms with Crippen LogP contribution in [0.25, 0.3) is 0 Å².